The van der Waals surface area contributed by atoms with Crippen molar-refractivity contribution in [2.75, 3.05) is 13.2 Å². The molecule has 1 aliphatic rings. The molecule has 1 aromatic rings. The summed E-state index contributed by atoms with van der Waals surface area (Å²) < 4.78 is 11.1. The van der Waals surface area contributed by atoms with Gasteiger partial charge >= 0.3 is 0 Å². The van der Waals surface area contributed by atoms with Crippen molar-refractivity contribution in [3.05, 3.63) is 23.8 Å². The van der Waals surface area contributed by atoms with Crippen molar-refractivity contribution in [3.8, 4) is 11.5 Å². The molecule has 1 aromatic carbocycles. The largest absolute Gasteiger partial charge is 0.486 e. The number of hydrogen-bond donors (Lipinski definition) is 0. The summed E-state index contributed by atoms with van der Waals surface area (Å²) in [4.78, 5) is 0.532. The monoisotopic (exact) mass is 298 g/mol. The average Bonchev–Trinajstić information content (AvgIpc) is 2.27. The van der Waals surface area contributed by atoms with Gasteiger partial charge in [-0.05, 0) is 36.5 Å². The molecule has 0 aliphatic carbocycles. The number of hydrogen-bond acceptors (Lipinski definition) is 2. The van der Waals surface area contributed by atoms with Gasteiger partial charge in [-0.25, -0.2) is 0 Å². The minimum atomic E-state index is 0.532. The van der Waals surface area contributed by atoms with Crippen LogP contribution in [0.4, 0.5) is 0 Å². The molecule has 1 aliphatic heterocycles. The van der Waals surface area contributed by atoms with Crippen LogP contribution in [0.2, 0.25) is 0 Å². The number of ether oxygens (including phenoxy) is 2. The Morgan fingerprint density at radius 3 is 2.59 bits per heavy atom. The second kappa shape index (κ2) is 5.76. The highest BCUT2D eigenvalue weighted by atomic mass is 79.9. The van der Waals surface area contributed by atoms with Crippen LogP contribution in [0.1, 0.15) is 25.8 Å². The summed E-state index contributed by atoms with van der Waals surface area (Å²) in [6.45, 7) is 5.80. The van der Waals surface area contributed by atoms with E-state index in [0.29, 0.717) is 18.0 Å². The molecule has 0 spiro atoms. The van der Waals surface area contributed by atoms with Crippen LogP contribution in [0, 0.1) is 5.92 Å². The normalized spacial score (nSPS) is 16.0. The summed E-state index contributed by atoms with van der Waals surface area (Å²) >= 11 is 3.74. The predicted octanol–water partition coefficient (Wildman–Crippen LogP) is 3.81. The lowest BCUT2D eigenvalue weighted by Crippen LogP contribution is -2.15. The number of benzene rings is 1. The highest BCUT2D eigenvalue weighted by molar-refractivity contribution is 9.09. The van der Waals surface area contributed by atoms with Gasteiger partial charge < -0.3 is 9.47 Å². The Morgan fingerprint density at radius 2 is 1.88 bits per heavy atom. The zero-order chi connectivity index (χ0) is 12.3. The molecule has 0 fully saturated rings. The van der Waals surface area contributed by atoms with Crippen LogP contribution in [0.3, 0.4) is 0 Å². The van der Waals surface area contributed by atoms with E-state index in [1.165, 1.54) is 12.0 Å². The summed E-state index contributed by atoms with van der Waals surface area (Å²) in [6, 6.07) is 6.24. The van der Waals surface area contributed by atoms with Crippen LogP contribution >= 0.6 is 15.9 Å². The van der Waals surface area contributed by atoms with Gasteiger partial charge in [0.1, 0.15) is 13.2 Å². The lowest BCUT2D eigenvalue weighted by atomic mass is 10.0. The molecule has 1 unspecified atom stereocenters. The Bertz CT molecular complexity index is 376. The Morgan fingerprint density at radius 1 is 1.18 bits per heavy atom. The standard InChI is InChI=1S/C14H19BrO2/c1-10(2)7-12(15)8-11-3-4-13-14(9-11)17-6-5-16-13/h3-4,9-10,12H,5-8H2,1-2H3. The molecule has 3 heteroatoms. The van der Waals surface area contributed by atoms with Crippen molar-refractivity contribution in [2.45, 2.75) is 31.5 Å². The van der Waals surface area contributed by atoms with Crippen LogP contribution in [0.5, 0.6) is 11.5 Å². The van der Waals surface area contributed by atoms with Gasteiger partial charge in [0.15, 0.2) is 11.5 Å². The molecule has 2 rings (SSSR count). The van der Waals surface area contributed by atoms with E-state index in [0.717, 1.165) is 23.8 Å². The van der Waals surface area contributed by atoms with Crippen molar-refractivity contribution in [2.24, 2.45) is 5.92 Å². The summed E-state index contributed by atoms with van der Waals surface area (Å²) in [5, 5.41) is 0. The maximum atomic E-state index is 5.59. The van der Waals surface area contributed by atoms with E-state index < -0.39 is 0 Å². The molecule has 0 aromatic heterocycles. The number of rotatable bonds is 4. The SMILES string of the molecule is CC(C)CC(Br)Cc1ccc2c(c1)OCCO2. The number of alkyl halides is 1. The molecular weight excluding hydrogens is 280 g/mol. The topological polar surface area (TPSA) is 18.5 Å². The minimum Gasteiger partial charge on any atom is -0.486 e. The first-order valence-corrected chi connectivity index (χ1v) is 7.09. The van der Waals surface area contributed by atoms with Gasteiger partial charge in [0.05, 0.1) is 0 Å². The molecule has 0 amide bonds. The average molecular weight is 299 g/mol. The van der Waals surface area contributed by atoms with Crippen LogP contribution in [-0.2, 0) is 6.42 Å². The second-order valence-electron chi connectivity index (χ2n) is 4.91. The van der Waals surface area contributed by atoms with E-state index in [1.54, 1.807) is 0 Å². The van der Waals surface area contributed by atoms with E-state index in [9.17, 15) is 0 Å². The molecule has 0 bridgehead atoms. The predicted molar refractivity (Wildman–Crippen MR) is 73.3 cm³/mol. The van der Waals surface area contributed by atoms with Gasteiger partial charge in [0.2, 0.25) is 0 Å². The van der Waals surface area contributed by atoms with Gasteiger partial charge in [-0.3, -0.25) is 0 Å². The Kier molecular flexibility index (Phi) is 4.32. The molecule has 17 heavy (non-hydrogen) atoms. The molecule has 0 radical (unpaired) electrons. The molecular formula is C14H19BrO2. The highest BCUT2D eigenvalue weighted by Crippen LogP contribution is 2.31. The zero-order valence-corrected chi connectivity index (χ0v) is 12.0. The summed E-state index contributed by atoms with van der Waals surface area (Å²) in [5.41, 5.74) is 1.30. The third-order valence-electron chi connectivity index (χ3n) is 2.79. The van der Waals surface area contributed by atoms with Gasteiger partial charge in [0.25, 0.3) is 0 Å². The Hall–Kier alpha value is -0.700. The molecule has 0 saturated carbocycles. The summed E-state index contributed by atoms with van der Waals surface area (Å²) in [5.74, 6) is 2.48. The van der Waals surface area contributed by atoms with Crippen molar-refractivity contribution in [1.82, 2.24) is 0 Å². The first-order valence-electron chi connectivity index (χ1n) is 6.17. The molecule has 1 heterocycles. The van der Waals surface area contributed by atoms with E-state index in [1.807, 2.05) is 6.07 Å². The zero-order valence-electron chi connectivity index (χ0n) is 10.4. The highest BCUT2D eigenvalue weighted by Gasteiger charge is 2.13. The fraction of sp³-hybridized carbons (Fsp3) is 0.571. The number of halogens is 1. The van der Waals surface area contributed by atoms with Crippen LogP contribution in [-0.4, -0.2) is 18.0 Å². The van der Waals surface area contributed by atoms with Gasteiger partial charge in [-0.15, -0.1) is 0 Å². The van der Waals surface area contributed by atoms with Crippen molar-refractivity contribution in [1.29, 1.82) is 0 Å². The lowest BCUT2D eigenvalue weighted by Gasteiger charge is -2.19. The van der Waals surface area contributed by atoms with Gasteiger partial charge in [0, 0.05) is 4.83 Å². The van der Waals surface area contributed by atoms with Crippen molar-refractivity contribution >= 4 is 15.9 Å². The fourth-order valence-electron chi connectivity index (χ4n) is 2.07. The minimum absolute atomic E-state index is 0.532. The van der Waals surface area contributed by atoms with Crippen molar-refractivity contribution in [3.63, 3.8) is 0 Å². The van der Waals surface area contributed by atoms with Gasteiger partial charge in [-0.2, -0.15) is 0 Å². The summed E-state index contributed by atoms with van der Waals surface area (Å²) in [6.07, 6.45) is 2.23. The Balaban J connectivity index is 2.01. The molecule has 0 N–H and O–H groups in total. The molecule has 94 valence electrons. The first kappa shape index (κ1) is 12.7. The summed E-state index contributed by atoms with van der Waals surface area (Å²) in [7, 11) is 0. The van der Waals surface area contributed by atoms with Crippen LogP contribution < -0.4 is 9.47 Å². The van der Waals surface area contributed by atoms with Gasteiger partial charge in [-0.1, -0.05) is 35.8 Å². The maximum Gasteiger partial charge on any atom is 0.161 e. The second-order valence-corrected chi connectivity index (χ2v) is 6.20. The first-order chi connectivity index (χ1) is 8.15. The van der Waals surface area contributed by atoms with E-state index in [-0.39, 0.29) is 0 Å². The maximum absolute atomic E-state index is 5.59. The third-order valence-corrected chi connectivity index (χ3v) is 3.49. The molecule has 1 atom stereocenters. The lowest BCUT2D eigenvalue weighted by molar-refractivity contribution is 0.171. The van der Waals surface area contributed by atoms with Crippen LogP contribution in [0.15, 0.2) is 18.2 Å². The Labute approximate surface area is 111 Å². The third kappa shape index (κ3) is 3.63. The van der Waals surface area contributed by atoms with E-state index >= 15 is 0 Å². The van der Waals surface area contributed by atoms with E-state index in [4.69, 9.17) is 9.47 Å². The molecule has 2 nitrogen and oxygen atoms in total. The fourth-order valence-corrected chi connectivity index (χ4v) is 3.19. The molecule has 0 saturated heterocycles. The van der Waals surface area contributed by atoms with Crippen molar-refractivity contribution < 1.29 is 9.47 Å². The van der Waals surface area contributed by atoms with E-state index in [2.05, 4.69) is 41.9 Å². The smallest absolute Gasteiger partial charge is 0.161 e. The number of fused-ring (bicyclic) bond motifs is 1. The van der Waals surface area contributed by atoms with Crippen LogP contribution in [0.25, 0.3) is 0 Å². The quantitative estimate of drug-likeness (QED) is 0.787.